The van der Waals surface area contributed by atoms with Crippen LogP contribution in [-0.2, 0) is 4.74 Å². The molecule has 3 heteroatoms. The van der Waals surface area contributed by atoms with E-state index in [1.807, 2.05) is 0 Å². The number of methoxy groups -OCH3 is 1. The Labute approximate surface area is 128 Å². The molecule has 0 bridgehead atoms. The van der Waals surface area contributed by atoms with E-state index in [2.05, 4.69) is 42.6 Å². The third-order valence-electron chi connectivity index (χ3n) is 3.95. The highest BCUT2D eigenvalue weighted by molar-refractivity contribution is 5.38. The molecule has 21 heavy (non-hydrogen) atoms. The lowest BCUT2D eigenvalue weighted by molar-refractivity contribution is 0.199. The van der Waals surface area contributed by atoms with Crippen molar-refractivity contribution >= 4 is 0 Å². The average Bonchev–Trinajstić information content (AvgIpc) is 2.51. The van der Waals surface area contributed by atoms with E-state index >= 15 is 0 Å². The van der Waals surface area contributed by atoms with Gasteiger partial charge in [0.05, 0.1) is 13.2 Å². The van der Waals surface area contributed by atoms with E-state index in [1.165, 1.54) is 11.1 Å². The van der Waals surface area contributed by atoms with Crippen molar-refractivity contribution in [3.63, 3.8) is 0 Å². The van der Waals surface area contributed by atoms with E-state index in [0.717, 1.165) is 51.3 Å². The molecule has 1 aromatic carbocycles. The lowest BCUT2D eigenvalue weighted by Crippen LogP contribution is -2.19. The molecule has 0 saturated carbocycles. The lowest BCUT2D eigenvalue weighted by Gasteiger charge is -2.26. The van der Waals surface area contributed by atoms with Crippen molar-refractivity contribution in [2.45, 2.75) is 32.1 Å². The molecule has 0 fully saturated rings. The molecule has 1 aliphatic heterocycles. The van der Waals surface area contributed by atoms with Crippen molar-refractivity contribution in [2.75, 3.05) is 33.4 Å². The Morgan fingerprint density at radius 2 is 2.24 bits per heavy atom. The predicted octanol–water partition coefficient (Wildman–Crippen LogP) is 3.52. The van der Waals surface area contributed by atoms with Gasteiger partial charge in [-0.2, -0.15) is 0 Å². The summed E-state index contributed by atoms with van der Waals surface area (Å²) in [6, 6.07) is 8.45. The van der Waals surface area contributed by atoms with Crippen LogP contribution in [0.4, 0.5) is 0 Å². The fourth-order valence-corrected chi connectivity index (χ4v) is 2.82. The fraction of sp³-hybridized carbons (Fsp3) is 0.556. The maximum atomic E-state index is 5.73. The zero-order valence-corrected chi connectivity index (χ0v) is 13.2. The van der Waals surface area contributed by atoms with Crippen molar-refractivity contribution in [1.29, 1.82) is 0 Å². The van der Waals surface area contributed by atoms with Crippen molar-refractivity contribution < 1.29 is 9.47 Å². The number of hydrogen-bond donors (Lipinski definition) is 1. The van der Waals surface area contributed by atoms with Crippen molar-refractivity contribution in [1.82, 2.24) is 5.32 Å². The Morgan fingerprint density at radius 1 is 1.38 bits per heavy atom. The number of fused-ring (bicyclic) bond motifs is 1. The molecule has 0 aliphatic carbocycles. The third-order valence-corrected chi connectivity index (χ3v) is 3.95. The number of ether oxygens (including phenoxy) is 2. The van der Waals surface area contributed by atoms with Gasteiger partial charge >= 0.3 is 0 Å². The van der Waals surface area contributed by atoms with Crippen LogP contribution in [0.1, 0.15) is 37.7 Å². The molecule has 116 valence electrons. The summed E-state index contributed by atoms with van der Waals surface area (Å²) in [5, 5.41) is 3.37. The number of allylic oxidation sites excluding steroid dienone is 1. The Bertz CT molecular complexity index is 456. The molecule has 1 unspecified atom stereocenters. The van der Waals surface area contributed by atoms with Gasteiger partial charge in [-0.1, -0.05) is 29.8 Å². The van der Waals surface area contributed by atoms with Crippen LogP contribution in [0.2, 0.25) is 0 Å². The monoisotopic (exact) mass is 289 g/mol. The molecule has 0 amide bonds. The number of rotatable bonds is 8. The second kappa shape index (κ2) is 8.85. The summed E-state index contributed by atoms with van der Waals surface area (Å²) in [6.07, 6.45) is 5.70. The Hall–Kier alpha value is -1.32. The minimum Gasteiger partial charge on any atom is -0.493 e. The van der Waals surface area contributed by atoms with Gasteiger partial charge in [-0.3, -0.25) is 0 Å². The van der Waals surface area contributed by atoms with Crippen LogP contribution in [0.25, 0.3) is 0 Å². The summed E-state index contributed by atoms with van der Waals surface area (Å²) >= 11 is 0. The van der Waals surface area contributed by atoms with Gasteiger partial charge in [-0.25, -0.2) is 0 Å². The van der Waals surface area contributed by atoms with Crippen LogP contribution >= 0.6 is 0 Å². The zero-order valence-electron chi connectivity index (χ0n) is 13.2. The van der Waals surface area contributed by atoms with Crippen LogP contribution in [0, 0.1) is 0 Å². The van der Waals surface area contributed by atoms with Crippen molar-refractivity contribution in [3.8, 4) is 5.75 Å². The largest absolute Gasteiger partial charge is 0.493 e. The number of benzene rings is 1. The first kappa shape index (κ1) is 16.1. The first-order valence-corrected chi connectivity index (χ1v) is 7.88. The van der Waals surface area contributed by atoms with E-state index in [9.17, 15) is 0 Å². The SMILES string of the molecule is COCCNCC/C=C(/C)CC1CCOc2ccccc21. The molecule has 0 spiro atoms. The maximum Gasteiger partial charge on any atom is 0.122 e. The Morgan fingerprint density at radius 3 is 3.10 bits per heavy atom. The molecule has 2 rings (SSSR count). The molecule has 1 aromatic rings. The van der Waals surface area contributed by atoms with Gasteiger partial charge in [0, 0.05) is 13.7 Å². The normalized spacial score (nSPS) is 18.2. The quantitative estimate of drug-likeness (QED) is 0.587. The van der Waals surface area contributed by atoms with E-state index in [1.54, 1.807) is 7.11 Å². The van der Waals surface area contributed by atoms with E-state index in [4.69, 9.17) is 9.47 Å². The minimum absolute atomic E-state index is 0.604. The van der Waals surface area contributed by atoms with E-state index in [-0.39, 0.29) is 0 Å². The summed E-state index contributed by atoms with van der Waals surface area (Å²) in [5.41, 5.74) is 2.85. The summed E-state index contributed by atoms with van der Waals surface area (Å²) < 4.78 is 10.7. The molecule has 1 N–H and O–H groups in total. The average molecular weight is 289 g/mol. The van der Waals surface area contributed by atoms with Crippen molar-refractivity contribution in [3.05, 3.63) is 41.5 Å². The van der Waals surface area contributed by atoms with Crippen LogP contribution in [0.15, 0.2) is 35.9 Å². The predicted molar refractivity (Wildman–Crippen MR) is 87.0 cm³/mol. The second-order valence-electron chi connectivity index (χ2n) is 5.66. The van der Waals surface area contributed by atoms with Gasteiger partial charge < -0.3 is 14.8 Å². The fourth-order valence-electron chi connectivity index (χ4n) is 2.82. The summed E-state index contributed by atoms with van der Waals surface area (Å²) in [6.45, 7) is 5.81. The first-order valence-electron chi connectivity index (χ1n) is 7.88. The van der Waals surface area contributed by atoms with Gasteiger partial charge in [0.15, 0.2) is 0 Å². The van der Waals surface area contributed by atoms with E-state index < -0.39 is 0 Å². The maximum absolute atomic E-state index is 5.73. The molecular weight excluding hydrogens is 262 g/mol. The van der Waals surface area contributed by atoms with Gasteiger partial charge in [-0.05, 0) is 50.3 Å². The molecule has 0 saturated heterocycles. The molecule has 3 nitrogen and oxygen atoms in total. The van der Waals surface area contributed by atoms with Gasteiger partial charge in [-0.15, -0.1) is 0 Å². The van der Waals surface area contributed by atoms with Crippen LogP contribution in [0.5, 0.6) is 5.75 Å². The molecule has 0 radical (unpaired) electrons. The lowest BCUT2D eigenvalue weighted by atomic mass is 9.87. The number of hydrogen-bond acceptors (Lipinski definition) is 3. The van der Waals surface area contributed by atoms with Gasteiger partial charge in [0.2, 0.25) is 0 Å². The molecule has 1 atom stereocenters. The molecule has 1 aliphatic rings. The highest BCUT2D eigenvalue weighted by Gasteiger charge is 2.20. The summed E-state index contributed by atoms with van der Waals surface area (Å²) in [5.74, 6) is 1.68. The summed E-state index contributed by atoms with van der Waals surface area (Å²) in [4.78, 5) is 0. The minimum atomic E-state index is 0.604. The van der Waals surface area contributed by atoms with Crippen LogP contribution in [-0.4, -0.2) is 33.4 Å². The first-order chi connectivity index (χ1) is 10.3. The zero-order chi connectivity index (χ0) is 14.9. The van der Waals surface area contributed by atoms with Gasteiger partial charge in [0.1, 0.15) is 5.75 Å². The van der Waals surface area contributed by atoms with Crippen molar-refractivity contribution in [2.24, 2.45) is 0 Å². The number of nitrogens with one attached hydrogen (secondary N) is 1. The highest BCUT2D eigenvalue weighted by Crippen LogP contribution is 2.36. The summed E-state index contributed by atoms with van der Waals surface area (Å²) in [7, 11) is 1.73. The van der Waals surface area contributed by atoms with Crippen LogP contribution < -0.4 is 10.1 Å². The molecule has 0 aromatic heterocycles. The van der Waals surface area contributed by atoms with Crippen LogP contribution in [0.3, 0.4) is 0 Å². The van der Waals surface area contributed by atoms with Gasteiger partial charge in [0.25, 0.3) is 0 Å². The standard InChI is InChI=1S/C18H27NO2/c1-15(6-5-10-19-11-13-20-2)14-16-9-12-21-18-8-4-3-7-17(16)18/h3-4,6-8,16,19H,5,9-14H2,1-2H3/b15-6-. The number of para-hydroxylation sites is 1. The Balaban J connectivity index is 1.79. The Kier molecular flexibility index (Phi) is 6.77. The molecule has 1 heterocycles. The highest BCUT2D eigenvalue weighted by atomic mass is 16.5. The smallest absolute Gasteiger partial charge is 0.122 e. The topological polar surface area (TPSA) is 30.5 Å². The molecular formula is C18H27NO2. The second-order valence-corrected chi connectivity index (χ2v) is 5.66. The third kappa shape index (κ3) is 5.18. The van der Waals surface area contributed by atoms with E-state index in [0.29, 0.717) is 5.92 Å².